The van der Waals surface area contributed by atoms with Gasteiger partial charge < -0.3 is 15.8 Å². The highest BCUT2D eigenvalue weighted by Gasteiger charge is 2.35. The van der Waals surface area contributed by atoms with Crippen LogP contribution in [0.1, 0.15) is 28.8 Å². The Morgan fingerprint density at radius 2 is 1.95 bits per heavy atom. The summed E-state index contributed by atoms with van der Waals surface area (Å²) in [4.78, 5) is 11.0. The minimum absolute atomic E-state index is 0.106. The zero-order valence-corrected chi connectivity index (χ0v) is 10.7. The first-order valence-electron chi connectivity index (χ1n) is 6.26. The zero-order chi connectivity index (χ0) is 14.8. The van der Waals surface area contributed by atoms with Crippen LogP contribution >= 0.6 is 0 Å². The molecule has 3 N–H and O–H groups in total. The molecule has 1 fully saturated rings. The lowest BCUT2D eigenvalue weighted by Crippen LogP contribution is -2.34. The summed E-state index contributed by atoms with van der Waals surface area (Å²) in [5.41, 5.74) is 3.35. The number of nitrogens with two attached hydrogens (primary N) is 1. The number of primary amides is 1. The largest absolute Gasteiger partial charge is 0.490 e. The summed E-state index contributed by atoms with van der Waals surface area (Å²) in [6, 6.07) is 3.24. The number of carbonyl (C=O) groups is 1. The number of nitrogens with one attached hydrogen (secondary N) is 1. The molecule has 0 unspecified atom stereocenters. The summed E-state index contributed by atoms with van der Waals surface area (Å²) in [6.45, 7) is 1.55. The van der Waals surface area contributed by atoms with Gasteiger partial charge in [-0.2, -0.15) is 13.2 Å². The molecular weight excluding hydrogens is 273 g/mol. The van der Waals surface area contributed by atoms with Gasteiger partial charge in [0.1, 0.15) is 11.9 Å². The number of rotatable bonds is 3. The maximum atomic E-state index is 12.9. The van der Waals surface area contributed by atoms with Crippen LogP contribution in [0.2, 0.25) is 0 Å². The maximum Gasteiger partial charge on any atom is 0.417 e. The van der Waals surface area contributed by atoms with Gasteiger partial charge in [-0.3, -0.25) is 4.79 Å². The van der Waals surface area contributed by atoms with Gasteiger partial charge >= 0.3 is 6.18 Å². The van der Waals surface area contributed by atoms with E-state index in [1.54, 1.807) is 0 Å². The molecule has 0 aromatic heterocycles. The average Bonchev–Trinajstić information content (AvgIpc) is 2.38. The van der Waals surface area contributed by atoms with Gasteiger partial charge in [0.25, 0.3) is 0 Å². The molecule has 1 saturated heterocycles. The number of piperidine rings is 1. The third-order valence-corrected chi connectivity index (χ3v) is 3.15. The highest BCUT2D eigenvalue weighted by molar-refractivity contribution is 5.94. The number of amides is 1. The molecule has 0 saturated carbocycles. The smallest absolute Gasteiger partial charge is 0.417 e. The molecule has 0 aliphatic carbocycles. The first kappa shape index (κ1) is 14.6. The topological polar surface area (TPSA) is 64.4 Å². The standard InChI is InChI=1S/C13H15F3N2O2/c14-13(15,16)11-7-9(1-2-10(11)12(17)19)20-8-3-5-18-6-4-8/h1-2,7-8,18H,3-6H2,(H2,17,19). The van der Waals surface area contributed by atoms with Gasteiger partial charge in [-0.25, -0.2) is 0 Å². The summed E-state index contributed by atoms with van der Waals surface area (Å²) in [5.74, 6) is -1.00. The summed E-state index contributed by atoms with van der Waals surface area (Å²) < 4.78 is 44.2. The lowest BCUT2D eigenvalue weighted by Gasteiger charge is -2.24. The quantitative estimate of drug-likeness (QED) is 0.893. The van der Waals surface area contributed by atoms with Crippen LogP contribution in [0.25, 0.3) is 0 Å². The van der Waals surface area contributed by atoms with Crippen molar-refractivity contribution in [2.45, 2.75) is 25.1 Å². The van der Waals surface area contributed by atoms with E-state index in [0.29, 0.717) is 0 Å². The Balaban J connectivity index is 2.25. The van der Waals surface area contributed by atoms with Crippen molar-refractivity contribution < 1.29 is 22.7 Å². The van der Waals surface area contributed by atoms with Crippen LogP contribution in [-0.2, 0) is 6.18 Å². The van der Waals surface area contributed by atoms with Crippen molar-refractivity contribution in [1.29, 1.82) is 0 Å². The van der Waals surface area contributed by atoms with Crippen LogP contribution in [0, 0.1) is 0 Å². The third kappa shape index (κ3) is 3.41. The van der Waals surface area contributed by atoms with Crippen molar-refractivity contribution in [3.63, 3.8) is 0 Å². The lowest BCUT2D eigenvalue weighted by molar-refractivity contribution is -0.138. The number of alkyl halides is 3. The summed E-state index contributed by atoms with van der Waals surface area (Å²) in [5, 5.41) is 3.14. The molecule has 20 heavy (non-hydrogen) atoms. The Bertz CT molecular complexity index is 497. The van der Waals surface area contributed by atoms with E-state index in [4.69, 9.17) is 10.5 Å². The third-order valence-electron chi connectivity index (χ3n) is 3.15. The maximum absolute atomic E-state index is 12.9. The number of ether oxygens (including phenoxy) is 1. The molecular formula is C13H15F3N2O2. The number of benzene rings is 1. The van der Waals surface area contributed by atoms with E-state index in [2.05, 4.69) is 5.32 Å². The second kappa shape index (κ2) is 5.70. The van der Waals surface area contributed by atoms with E-state index in [1.807, 2.05) is 0 Å². The van der Waals surface area contributed by atoms with Crippen LogP contribution < -0.4 is 15.8 Å². The van der Waals surface area contributed by atoms with Crippen molar-refractivity contribution in [3.05, 3.63) is 29.3 Å². The second-order valence-electron chi connectivity index (χ2n) is 4.64. The Morgan fingerprint density at radius 3 is 2.50 bits per heavy atom. The number of halogens is 3. The van der Waals surface area contributed by atoms with Crippen LogP contribution in [0.15, 0.2) is 18.2 Å². The molecule has 0 bridgehead atoms. The zero-order valence-electron chi connectivity index (χ0n) is 10.7. The Morgan fingerprint density at radius 1 is 1.30 bits per heavy atom. The molecule has 0 spiro atoms. The van der Waals surface area contributed by atoms with Crippen LogP contribution in [-0.4, -0.2) is 25.1 Å². The van der Waals surface area contributed by atoms with Gasteiger partial charge in [0.05, 0.1) is 11.1 Å². The van der Waals surface area contributed by atoms with Crippen LogP contribution in [0.3, 0.4) is 0 Å². The predicted molar refractivity (Wildman–Crippen MR) is 66.5 cm³/mol. The monoisotopic (exact) mass is 288 g/mol. The molecule has 1 amide bonds. The molecule has 1 aromatic rings. The molecule has 0 radical (unpaired) electrons. The first-order valence-corrected chi connectivity index (χ1v) is 6.26. The van der Waals surface area contributed by atoms with E-state index in [1.165, 1.54) is 6.07 Å². The molecule has 2 rings (SSSR count). The molecule has 4 nitrogen and oxygen atoms in total. The average molecular weight is 288 g/mol. The fraction of sp³-hybridized carbons (Fsp3) is 0.462. The predicted octanol–water partition coefficient (Wildman–Crippen LogP) is 1.94. The van der Waals surface area contributed by atoms with Gasteiger partial charge in [-0.15, -0.1) is 0 Å². The summed E-state index contributed by atoms with van der Waals surface area (Å²) in [7, 11) is 0. The van der Waals surface area contributed by atoms with Crippen molar-refractivity contribution >= 4 is 5.91 Å². The van der Waals surface area contributed by atoms with E-state index in [0.717, 1.165) is 38.1 Å². The minimum atomic E-state index is -4.64. The Hall–Kier alpha value is -1.76. The second-order valence-corrected chi connectivity index (χ2v) is 4.64. The normalized spacial score (nSPS) is 16.9. The first-order chi connectivity index (χ1) is 9.38. The molecule has 110 valence electrons. The van der Waals surface area contributed by atoms with Gasteiger partial charge in [0.15, 0.2) is 0 Å². The van der Waals surface area contributed by atoms with Gasteiger partial charge in [0, 0.05) is 0 Å². The van der Waals surface area contributed by atoms with Crippen molar-refractivity contribution in [2.75, 3.05) is 13.1 Å². The fourth-order valence-corrected chi connectivity index (χ4v) is 2.15. The Kier molecular flexibility index (Phi) is 4.17. The van der Waals surface area contributed by atoms with Crippen LogP contribution in [0.4, 0.5) is 13.2 Å². The van der Waals surface area contributed by atoms with E-state index < -0.39 is 23.2 Å². The minimum Gasteiger partial charge on any atom is -0.490 e. The van der Waals surface area contributed by atoms with Crippen molar-refractivity contribution in [3.8, 4) is 5.75 Å². The van der Waals surface area contributed by atoms with E-state index in [-0.39, 0.29) is 11.9 Å². The SMILES string of the molecule is NC(=O)c1ccc(OC2CCNCC2)cc1C(F)(F)F. The molecule has 1 aromatic carbocycles. The summed E-state index contributed by atoms with van der Waals surface area (Å²) >= 11 is 0. The molecule has 0 atom stereocenters. The highest BCUT2D eigenvalue weighted by atomic mass is 19.4. The molecule has 1 heterocycles. The molecule has 1 aliphatic heterocycles. The van der Waals surface area contributed by atoms with Crippen molar-refractivity contribution in [2.24, 2.45) is 5.73 Å². The number of hydrogen-bond acceptors (Lipinski definition) is 3. The number of hydrogen-bond donors (Lipinski definition) is 2. The van der Waals surface area contributed by atoms with E-state index >= 15 is 0 Å². The highest BCUT2D eigenvalue weighted by Crippen LogP contribution is 2.34. The molecule has 1 aliphatic rings. The summed E-state index contributed by atoms with van der Waals surface area (Å²) in [6.07, 6.45) is -3.29. The Labute approximate surface area is 114 Å². The molecule has 7 heteroatoms. The van der Waals surface area contributed by atoms with Crippen LogP contribution in [0.5, 0.6) is 5.75 Å². The fourth-order valence-electron chi connectivity index (χ4n) is 2.15. The van der Waals surface area contributed by atoms with Gasteiger partial charge in [-0.1, -0.05) is 0 Å². The lowest BCUT2D eigenvalue weighted by atomic mass is 10.1. The van der Waals surface area contributed by atoms with Gasteiger partial charge in [0.2, 0.25) is 5.91 Å². The van der Waals surface area contributed by atoms with Gasteiger partial charge in [-0.05, 0) is 44.1 Å². The van der Waals surface area contributed by atoms with E-state index in [9.17, 15) is 18.0 Å². The van der Waals surface area contributed by atoms with Crippen molar-refractivity contribution in [1.82, 2.24) is 5.32 Å². The number of carbonyl (C=O) groups excluding carboxylic acids is 1.